The number of amides is 1. The zero-order chi connectivity index (χ0) is 22.0. The number of ether oxygens (including phenoxy) is 2. The van der Waals surface area contributed by atoms with Gasteiger partial charge < -0.3 is 14.4 Å². The highest BCUT2D eigenvalue weighted by atomic mass is 32.1. The third-order valence-electron chi connectivity index (χ3n) is 5.37. The summed E-state index contributed by atoms with van der Waals surface area (Å²) in [6.45, 7) is 5.91. The van der Waals surface area contributed by atoms with Gasteiger partial charge >= 0.3 is 0 Å². The lowest BCUT2D eigenvalue weighted by Crippen LogP contribution is -2.32. The molecule has 1 aromatic heterocycles. The summed E-state index contributed by atoms with van der Waals surface area (Å²) in [4.78, 5) is 21.9. The van der Waals surface area contributed by atoms with E-state index in [1.165, 1.54) is 5.56 Å². The molecule has 1 aliphatic heterocycles. The normalized spacial score (nSPS) is 12.9. The van der Waals surface area contributed by atoms with Crippen LogP contribution in [0, 0.1) is 13.8 Å². The van der Waals surface area contributed by atoms with Crippen LogP contribution < -0.4 is 14.4 Å². The maximum Gasteiger partial charge on any atom is 0.252 e. The van der Waals surface area contributed by atoms with Crippen molar-refractivity contribution in [2.45, 2.75) is 20.3 Å². The fraction of sp³-hybridized carbons (Fsp3) is 0.333. The zero-order valence-corrected chi connectivity index (χ0v) is 19.2. The smallest absolute Gasteiger partial charge is 0.252 e. The topological polar surface area (TPSA) is 54.9 Å². The molecule has 0 fully saturated rings. The fourth-order valence-electron chi connectivity index (χ4n) is 3.45. The number of fused-ring (bicyclic) bond motifs is 2. The van der Waals surface area contributed by atoms with E-state index in [9.17, 15) is 4.79 Å². The average Bonchev–Trinajstić information content (AvgIpc) is 3.38. The van der Waals surface area contributed by atoms with Gasteiger partial charge in [-0.1, -0.05) is 23.5 Å². The Labute approximate surface area is 186 Å². The zero-order valence-electron chi connectivity index (χ0n) is 18.3. The molecule has 1 aliphatic rings. The van der Waals surface area contributed by atoms with Gasteiger partial charge in [-0.3, -0.25) is 9.69 Å². The molecule has 0 bridgehead atoms. The number of carbonyl (C=O) groups excluding carboxylic acids is 1. The van der Waals surface area contributed by atoms with Crippen molar-refractivity contribution in [3.63, 3.8) is 0 Å². The second-order valence-corrected chi connectivity index (χ2v) is 8.95. The summed E-state index contributed by atoms with van der Waals surface area (Å²) < 4.78 is 11.9. The molecule has 0 unspecified atom stereocenters. The highest BCUT2D eigenvalue weighted by Gasteiger charge is 2.19. The van der Waals surface area contributed by atoms with Gasteiger partial charge in [0.05, 0.1) is 10.2 Å². The summed E-state index contributed by atoms with van der Waals surface area (Å²) in [5.41, 5.74) is 4.24. The summed E-state index contributed by atoms with van der Waals surface area (Å²) in [7, 11) is 4.07. The molecule has 0 saturated heterocycles. The number of aryl methyl sites for hydroxylation is 2. The summed E-state index contributed by atoms with van der Waals surface area (Å²) in [6.07, 6.45) is 4.29. The Hall–Kier alpha value is -2.90. The number of nitrogens with zero attached hydrogens (tertiary/aromatic N) is 3. The molecule has 4 rings (SSSR count). The molecule has 2 heterocycles. The van der Waals surface area contributed by atoms with Crippen LogP contribution in [0.25, 0.3) is 16.3 Å². The standard InChI is InChI=1S/C24H27N3O3S/c1-16-6-10-21-23(17(16)2)25-24(31-21)27(13-5-12-26(3)4)22(28)11-8-18-7-9-19-20(14-18)30-15-29-19/h6-11,14H,5,12-13,15H2,1-4H3. The van der Waals surface area contributed by atoms with E-state index in [1.807, 2.05) is 38.4 Å². The van der Waals surface area contributed by atoms with Gasteiger partial charge in [0, 0.05) is 12.6 Å². The van der Waals surface area contributed by atoms with Gasteiger partial charge in [-0.25, -0.2) is 4.98 Å². The SMILES string of the molecule is Cc1ccc2sc(N(CCCN(C)C)C(=O)C=Cc3ccc4c(c3)OCO4)nc2c1C. The van der Waals surface area contributed by atoms with E-state index < -0.39 is 0 Å². The Morgan fingerprint density at radius 3 is 2.74 bits per heavy atom. The molecule has 0 spiro atoms. The molecule has 0 aliphatic carbocycles. The van der Waals surface area contributed by atoms with E-state index in [-0.39, 0.29) is 12.7 Å². The van der Waals surface area contributed by atoms with Gasteiger partial charge in [-0.15, -0.1) is 0 Å². The Kier molecular flexibility index (Phi) is 6.25. The molecule has 0 saturated carbocycles. The van der Waals surface area contributed by atoms with Crippen molar-refractivity contribution >= 4 is 38.7 Å². The lowest BCUT2D eigenvalue weighted by molar-refractivity contribution is -0.114. The van der Waals surface area contributed by atoms with Crippen LogP contribution in [0.2, 0.25) is 0 Å². The highest BCUT2D eigenvalue weighted by Crippen LogP contribution is 2.34. The predicted molar refractivity (Wildman–Crippen MR) is 126 cm³/mol. The van der Waals surface area contributed by atoms with Gasteiger partial charge in [0.1, 0.15) is 0 Å². The van der Waals surface area contributed by atoms with Crippen LogP contribution in [0.3, 0.4) is 0 Å². The van der Waals surface area contributed by atoms with Crippen LogP contribution >= 0.6 is 11.3 Å². The van der Waals surface area contributed by atoms with Crippen molar-refractivity contribution in [1.29, 1.82) is 0 Å². The monoisotopic (exact) mass is 437 g/mol. The molecule has 0 radical (unpaired) electrons. The molecule has 0 atom stereocenters. The first-order valence-corrected chi connectivity index (χ1v) is 11.1. The number of hydrogen-bond donors (Lipinski definition) is 0. The molecule has 31 heavy (non-hydrogen) atoms. The van der Waals surface area contributed by atoms with Gasteiger partial charge in [0.25, 0.3) is 5.91 Å². The van der Waals surface area contributed by atoms with Crippen LogP contribution in [0.4, 0.5) is 5.13 Å². The Bertz CT molecular complexity index is 1140. The van der Waals surface area contributed by atoms with E-state index in [0.717, 1.165) is 45.2 Å². The molecule has 3 aromatic rings. The third-order valence-corrected chi connectivity index (χ3v) is 6.42. The molecule has 2 aromatic carbocycles. The van der Waals surface area contributed by atoms with E-state index in [4.69, 9.17) is 14.5 Å². The van der Waals surface area contributed by atoms with Crippen molar-refractivity contribution in [2.75, 3.05) is 38.9 Å². The average molecular weight is 438 g/mol. The first-order chi connectivity index (χ1) is 14.9. The van der Waals surface area contributed by atoms with E-state index in [2.05, 4.69) is 30.9 Å². The second kappa shape index (κ2) is 9.08. The lowest BCUT2D eigenvalue weighted by atomic mass is 10.1. The Morgan fingerprint density at radius 2 is 1.94 bits per heavy atom. The van der Waals surface area contributed by atoms with Crippen molar-refractivity contribution in [3.8, 4) is 11.5 Å². The Morgan fingerprint density at radius 1 is 1.13 bits per heavy atom. The quantitative estimate of drug-likeness (QED) is 0.504. The fourth-order valence-corrected chi connectivity index (χ4v) is 4.51. The first kappa shape index (κ1) is 21.3. The number of aromatic nitrogens is 1. The van der Waals surface area contributed by atoms with Gasteiger partial charge in [-0.2, -0.15) is 0 Å². The molecule has 6 nitrogen and oxygen atoms in total. The minimum absolute atomic E-state index is 0.0788. The maximum absolute atomic E-state index is 13.2. The number of benzene rings is 2. The maximum atomic E-state index is 13.2. The van der Waals surface area contributed by atoms with Crippen LogP contribution in [-0.4, -0.2) is 49.8 Å². The highest BCUT2D eigenvalue weighted by molar-refractivity contribution is 7.22. The minimum Gasteiger partial charge on any atom is -0.454 e. The van der Waals surface area contributed by atoms with Gasteiger partial charge in [-0.05, 0) is 81.9 Å². The third kappa shape index (κ3) is 4.73. The summed E-state index contributed by atoms with van der Waals surface area (Å²) in [6, 6.07) is 9.85. The van der Waals surface area contributed by atoms with Gasteiger partial charge in [0.15, 0.2) is 16.6 Å². The first-order valence-electron chi connectivity index (χ1n) is 10.3. The molecule has 162 valence electrons. The van der Waals surface area contributed by atoms with Crippen LogP contribution in [-0.2, 0) is 4.79 Å². The molecular weight excluding hydrogens is 410 g/mol. The summed E-state index contributed by atoms with van der Waals surface area (Å²) in [5.74, 6) is 1.35. The number of rotatable bonds is 7. The van der Waals surface area contributed by atoms with E-state index >= 15 is 0 Å². The van der Waals surface area contributed by atoms with Crippen molar-refractivity contribution in [3.05, 3.63) is 53.1 Å². The predicted octanol–water partition coefficient (Wildman–Crippen LogP) is 4.64. The summed E-state index contributed by atoms with van der Waals surface area (Å²) >= 11 is 1.56. The Balaban J connectivity index is 1.59. The summed E-state index contributed by atoms with van der Waals surface area (Å²) in [5, 5.41) is 0.739. The molecular formula is C24H27N3O3S. The van der Waals surface area contributed by atoms with Crippen molar-refractivity contribution in [1.82, 2.24) is 9.88 Å². The van der Waals surface area contributed by atoms with Gasteiger partial charge in [0.2, 0.25) is 6.79 Å². The van der Waals surface area contributed by atoms with E-state index in [1.54, 1.807) is 22.3 Å². The molecule has 1 amide bonds. The van der Waals surface area contributed by atoms with Crippen molar-refractivity contribution in [2.24, 2.45) is 0 Å². The van der Waals surface area contributed by atoms with Crippen LogP contribution in [0.5, 0.6) is 11.5 Å². The number of carbonyl (C=O) groups is 1. The van der Waals surface area contributed by atoms with Crippen LogP contribution in [0.15, 0.2) is 36.4 Å². The number of anilines is 1. The van der Waals surface area contributed by atoms with Crippen LogP contribution in [0.1, 0.15) is 23.1 Å². The molecule has 0 N–H and O–H groups in total. The lowest BCUT2D eigenvalue weighted by Gasteiger charge is -2.19. The van der Waals surface area contributed by atoms with E-state index in [0.29, 0.717) is 12.3 Å². The molecule has 7 heteroatoms. The second-order valence-electron chi connectivity index (χ2n) is 7.94. The largest absolute Gasteiger partial charge is 0.454 e. The minimum atomic E-state index is -0.0788. The van der Waals surface area contributed by atoms with Crippen molar-refractivity contribution < 1.29 is 14.3 Å². The number of thiazole rings is 1. The number of hydrogen-bond acceptors (Lipinski definition) is 6.